The molecule has 2 atom stereocenters. The van der Waals surface area contributed by atoms with E-state index in [2.05, 4.69) is 9.62 Å². The van der Waals surface area contributed by atoms with Crippen LogP contribution in [0.1, 0.15) is 25.7 Å². The molecule has 0 bridgehead atoms. The Morgan fingerprint density at radius 2 is 1.90 bits per heavy atom. The fourth-order valence-corrected chi connectivity index (χ4v) is 3.62. The summed E-state index contributed by atoms with van der Waals surface area (Å²) in [5.41, 5.74) is 0. The monoisotopic (exact) mass is 319 g/mol. The third-order valence-corrected chi connectivity index (χ3v) is 5.01. The van der Waals surface area contributed by atoms with E-state index in [1.54, 1.807) is 4.90 Å². The van der Waals surface area contributed by atoms with Crippen LogP contribution < -0.4 is 4.72 Å². The predicted octanol–water partition coefficient (Wildman–Crippen LogP) is -1.02. The van der Waals surface area contributed by atoms with Gasteiger partial charge in [-0.15, -0.1) is 0 Å². The van der Waals surface area contributed by atoms with Gasteiger partial charge < -0.3 is 10.0 Å². The summed E-state index contributed by atoms with van der Waals surface area (Å²) in [6.45, 7) is 3.03. The lowest BCUT2D eigenvalue weighted by Gasteiger charge is -2.39. The number of aliphatic hydroxyl groups is 1. The van der Waals surface area contributed by atoms with Crippen LogP contribution in [0.4, 0.5) is 0 Å². The third-order valence-electron chi connectivity index (χ3n) is 4.28. The van der Waals surface area contributed by atoms with Gasteiger partial charge in [0.25, 0.3) is 0 Å². The van der Waals surface area contributed by atoms with E-state index in [1.807, 2.05) is 0 Å². The van der Waals surface area contributed by atoms with Gasteiger partial charge in [-0.1, -0.05) is 0 Å². The number of amides is 1. The number of carbonyl (C=O) groups is 1. The van der Waals surface area contributed by atoms with Crippen LogP contribution in [-0.4, -0.2) is 80.4 Å². The second-order valence-electron chi connectivity index (χ2n) is 5.90. The number of sulfonamides is 1. The maximum atomic E-state index is 12.0. The minimum absolute atomic E-state index is 0.0160. The largest absolute Gasteiger partial charge is 0.391 e. The molecule has 1 amide bonds. The van der Waals surface area contributed by atoms with Crippen LogP contribution in [0.2, 0.25) is 0 Å². The normalized spacial score (nSPS) is 28.0. The zero-order chi connectivity index (χ0) is 15.5. The van der Waals surface area contributed by atoms with Gasteiger partial charge in [0, 0.05) is 45.2 Å². The molecule has 1 saturated heterocycles. The molecular formula is C13H25N3O4S. The maximum absolute atomic E-state index is 12.0. The smallest absolute Gasteiger partial charge is 0.223 e. The number of carbonyl (C=O) groups excluding carboxylic acids is 1. The van der Waals surface area contributed by atoms with E-state index in [9.17, 15) is 18.3 Å². The van der Waals surface area contributed by atoms with Gasteiger partial charge in [-0.05, 0) is 19.3 Å². The summed E-state index contributed by atoms with van der Waals surface area (Å²) in [5.74, 6) is -0.0160. The lowest BCUT2D eigenvalue weighted by molar-refractivity contribution is -0.133. The molecule has 1 saturated carbocycles. The van der Waals surface area contributed by atoms with Crippen LogP contribution >= 0.6 is 0 Å². The molecule has 122 valence electrons. The van der Waals surface area contributed by atoms with Crippen molar-refractivity contribution in [2.45, 2.75) is 37.8 Å². The van der Waals surface area contributed by atoms with Crippen molar-refractivity contribution < 1.29 is 18.3 Å². The molecule has 2 fully saturated rings. The van der Waals surface area contributed by atoms with Gasteiger partial charge in [0.2, 0.25) is 15.9 Å². The molecule has 1 aliphatic carbocycles. The molecule has 2 rings (SSSR count). The highest BCUT2D eigenvalue weighted by Gasteiger charge is 2.33. The predicted molar refractivity (Wildman–Crippen MR) is 79.3 cm³/mol. The van der Waals surface area contributed by atoms with Crippen molar-refractivity contribution in [3.8, 4) is 0 Å². The first-order valence-electron chi connectivity index (χ1n) is 7.51. The molecule has 8 heteroatoms. The van der Waals surface area contributed by atoms with E-state index < -0.39 is 10.0 Å². The number of piperazine rings is 1. The van der Waals surface area contributed by atoms with E-state index >= 15 is 0 Å². The van der Waals surface area contributed by atoms with E-state index in [0.29, 0.717) is 13.1 Å². The Balaban J connectivity index is 1.72. The van der Waals surface area contributed by atoms with Crippen molar-refractivity contribution in [1.29, 1.82) is 0 Å². The lowest BCUT2D eigenvalue weighted by atomic mass is 10.1. The molecule has 7 nitrogen and oxygen atoms in total. The van der Waals surface area contributed by atoms with Gasteiger partial charge in [-0.25, -0.2) is 13.1 Å². The highest BCUT2D eigenvalue weighted by atomic mass is 32.2. The molecule has 1 aliphatic heterocycles. The average Bonchev–Trinajstić information content (AvgIpc) is 2.83. The molecule has 2 aliphatic rings. The van der Waals surface area contributed by atoms with E-state index in [-0.39, 0.29) is 31.0 Å². The van der Waals surface area contributed by atoms with Gasteiger partial charge in [0.05, 0.1) is 12.4 Å². The number of hydrogen-bond donors (Lipinski definition) is 2. The van der Waals surface area contributed by atoms with Gasteiger partial charge in [-0.2, -0.15) is 0 Å². The van der Waals surface area contributed by atoms with Crippen molar-refractivity contribution in [2.75, 3.05) is 39.0 Å². The summed E-state index contributed by atoms with van der Waals surface area (Å²) >= 11 is 0. The van der Waals surface area contributed by atoms with E-state index in [1.165, 1.54) is 0 Å². The Morgan fingerprint density at radius 1 is 1.24 bits per heavy atom. The summed E-state index contributed by atoms with van der Waals surface area (Å²) in [4.78, 5) is 16.1. The molecule has 1 heterocycles. The minimum atomic E-state index is -3.23. The van der Waals surface area contributed by atoms with Crippen molar-refractivity contribution in [1.82, 2.24) is 14.5 Å². The zero-order valence-electron chi connectivity index (χ0n) is 12.5. The van der Waals surface area contributed by atoms with Gasteiger partial charge >= 0.3 is 0 Å². The molecule has 2 N–H and O–H groups in total. The van der Waals surface area contributed by atoms with E-state index in [4.69, 9.17) is 0 Å². The second-order valence-corrected chi connectivity index (χ2v) is 7.73. The minimum Gasteiger partial charge on any atom is -0.391 e. The molecule has 0 radical (unpaired) electrons. The fourth-order valence-electron chi connectivity index (χ4n) is 3.15. The average molecular weight is 319 g/mol. The second kappa shape index (κ2) is 7.04. The first-order chi connectivity index (χ1) is 9.87. The van der Waals surface area contributed by atoms with Gasteiger partial charge in [0.1, 0.15) is 0 Å². The molecule has 0 aromatic rings. The Labute approximate surface area is 126 Å². The van der Waals surface area contributed by atoms with Crippen LogP contribution in [0.25, 0.3) is 0 Å². The highest BCUT2D eigenvalue weighted by molar-refractivity contribution is 7.88. The highest BCUT2D eigenvalue weighted by Crippen LogP contribution is 2.25. The van der Waals surface area contributed by atoms with Crippen LogP contribution in [-0.2, 0) is 14.8 Å². The number of hydrogen-bond acceptors (Lipinski definition) is 5. The number of nitrogens with zero attached hydrogens (tertiary/aromatic N) is 2. The van der Waals surface area contributed by atoms with Crippen molar-refractivity contribution in [3.05, 3.63) is 0 Å². The third kappa shape index (κ3) is 4.91. The zero-order valence-corrected chi connectivity index (χ0v) is 13.3. The summed E-state index contributed by atoms with van der Waals surface area (Å²) in [5, 5.41) is 9.92. The summed E-state index contributed by atoms with van der Waals surface area (Å²) in [6.07, 6.45) is 4.03. The molecule has 0 aromatic heterocycles. The lowest BCUT2D eigenvalue weighted by Crippen LogP contribution is -2.53. The Kier molecular flexibility index (Phi) is 5.59. The first-order valence-corrected chi connectivity index (χ1v) is 9.40. The molecule has 0 aromatic carbocycles. The molecule has 0 unspecified atom stereocenters. The summed E-state index contributed by atoms with van der Waals surface area (Å²) in [6, 6.07) is 0.245. The molecule has 0 spiro atoms. The SMILES string of the molecule is CS(=O)(=O)NCCC(=O)N1CCN([C@@H]2CCC[C@H]2O)CC1. The maximum Gasteiger partial charge on any atom is 0.223 e. The number of aliphatic hydroxyl groups excluding tert-OH is 1. The summed E-state index contributed by atoms with van der Waals surface area (Å²) < 4.78 is 24.2. The quantitative estimate of drug-likeness (QED) is 0.677. The first kappa shape index (κ1) is 16.7. The molecule has 21 heavy (non-hydrogen) atoms. The van der Waals surface area contributed by atoms with Crippen molar-refractivity contribution >= 4 is 15.9 Å². The van der Waals surface area contributed by atoms with Crippen LogP contribution in [0.5, 0.6) is 0 Å². The number of nitrogens with one attached hydrogen (secondary N) is 1. The van der Waals surface area contributed by atoms with Crippen molar-refractivity contribution in [2.24, 2.45) is 0 Å². The van der Waals surface area contributed by atoms with Crippen LogP contribution in [0, 0.1) is 0 Å². The standard InChI is InChI=1S/C13H25N3O4S/c1-21(19,20)14-6-5-13(18)16-9-7-15(8-10-16)11-3-2-4-12(11)17/h11-12,14,17H,2-10H2,1H3/t11-,12-/m1/s1. The fraction of sp³-hybridized carbons (Fsp3) is 0.923. The summed E-state index contributed by atoms with van der Waals surface area (Å²) in [7, 11) is -3.23. The van der Waals surface area contributed by atoms with Gasteiger partial charge in [-0.3, -0.25) is 9.69 Å². The van der Waals surface area contributed by atoms with Crippen molar-refractivity contribution in [3.63, 3.8) is 0 Å². The topological polar surface area (TPSA) is 90.0 Å². The van der Waals surface area contributed by atoms with Crippen LogP contribution in [0.3, 0.4) is 0 Å². The Bertz CT molecular complexity index is 460. The molecular weight excluding hydrogens is 294 g/mol. The van der Waals surface area contributed by atoms with E-state index in [0.717, 1.165) is 38.6 Å². The Morgan fingerprint density at radius 3 is 2.43 bits per heavy atom. The van der Waals surface area contributed by atoms with Gasteiger partial charge in [0.15, 0.2) is 0 Å². The number of rotatable bonds is 5. The van der Waals surface area contributed by atoms with Crippen LogP contribution in [0.15, 0.2) is 0 Å². The Hall–Kier alpha value is -0.700.